The average Bonchev–Trinajstić information content (AvgIpc) is 2.74. The number of hydrogen-bond donors (Lipinski definition) is 3. The number of nitrogens with two attached hydrogens (primary N) is 2. The zero-order valence-corrected chi connectivity index (χ0v) is 16.6. The van der Waals surface area contributed by atoms with Crippen molar-refractivity contribution >= 4 is 22.9 Å². The Bertz CT molecular complexity index is 947. The molecule has 1 aromatic carbocycles. The summed E-state index contributed by atoms with van der Waals surface area (Å²) in [5.74, 6) is 1.18. The highest BCUT2D eigenvalue weighted by molar-refractivity contribution is 5.87. The summed E-state index contributed by atoms with van der Waals surface area (Å²) < 4.78 is 0. The number of nitrogen functional groups attached to an aromatic ring is 2. The van der Waals surface area contributed by atoms with Crippen molar-refractivity contribution in [3.8, 4) is 11.4 Å². The Balaban J connectivity index is 1.89. The minimum absolute atomic E-state index is 0.0651. The van der Waals surface area contributed by atoms with Gasteiger partial charge in [-0.3, -0.25) is 10.1 Å². The van der Waals surface area contributed by atoms with E-state index in [2.05, 4.69) is 10.2 Å². The molecule has 0 spiro atoms. The van der Waals surface area contributed by atoms with Crippen LogP contribution in [-0.4, -0.2) is 41.1 Å². The van der Waals surface area contributed by atoms with E-state index in [9.17, 15) is 10.1 Å². The first kappa shape index (κ1) is 19.4. The molecule has 29 heavy (non-hydrogen) atoms. The minimum atomic E-state index is -0.499. The molecule has 1 unspecified atom stereocenters. The topological polar surface area (TPSA) is 136 Å². The Morgan fingerprint density at radius 2 is 1.93 bits per heavy atom. The second kappa shape index (κ2) is 7.82. The molecule has 2 aliphatic rings. The lowest BCUT2D eigenvalue weighted by Crippen LogP contribution is -2.45. The SMILES string of the molecule is CNC1CCCN(c2nc(-c3c(N)ccc(N)c3[N+](=O)[O-])nc3c2CCCC3)C1. The van der Waals surface area contributed by atoms with Crippen LogP contribution in [-0.2, 0) is 12.8 Å². The predicted molar refractivity (Wildman–Crippen MR) is 114 cm³/mol. The summed E-state index contributed by atoms with van der Waals surface area (Å²) in [7, 11) is 1.98. The predicted octanol–water partition coefficient (Wildman–Crippen LogP) is 2.28. The molecular formula is C20H27N7O2. The molecule has 1 aromatic heterocycles. The van der Waals surface area contributed by atoms with Gasteiger partial charge in [-0.15, -0.1) is 0 Å². The van der Waals surface area contributed by atoms with Crippen molar-refractivity contribution in [2.24, 2.45) is 0 Å². The maximum atomic E-state index is 11.7. The number of benzene rings is 1. The van der Waals surface area contributed by atoms with Crippen LogP contribution >= 0.6 is 0 Å². The van der Waals surface area contributed by atoms with E-state index in [1.165, 1.54) is 11.6 Å². The summed E-state index contributed by atoms with van der Waals surface area (Å²) in [5.41, 5.74) is 14.5. The van der Waals surface area contributed by atoms with Gasteiger partial charge in [0.25, 0.3) is 0 Å². The third-order valence-corrected chi connectivity index (χ3v) is 5.94. The smallest absolute Gasteiger partial charge is 0.305 e. The van der Waals surface area contributed by atoms with Gasteiger partial charge in [-0.05, 0) is 57.7 Å². The summed E-state index contributed by atoms with van der Waals surface area (Å²) in [5, 5.41) is 15.1. The molecule has 1 fully saturated rings. The van der Waals surface area contributed by atoms with Crippen molar-refractivity contribution in [2.75, 3.05) is 36.5 Å². The van der Waals surface area contributed by atoms with Crippen LogP contribution in [0.15, 0.2) is 12.1 Å². The van der Waals surface area contributed by atoms with Crippen LogP contribution in [0, 0.1) is 10.1 Å². The Labute approximate surface area is 169 Å². The first-order valence-electron chi connectivity index (χ1n) is 10.1. The fraction of sp³-hybridized carbons (Fsp3) is 0.500. The highest BCUT2D eigenvalue weighted by Gasteiger charge is 2.30. The lowest BCUT2D eigenvalue weighted by atomic mass is 9.94. The molecule has 5 N–H and O–H groups in total. The van der Waals surface area contributed by atoms with E-state index in [1.54, 1.807) is 6.07 Å². The number of likely N-dealkylation sites (N-methyl/N-ethyl adjacent to an activating group) is 1. The van der Waals surface area contributed by atoms with Gasteiger partial charge in [0, 0.05) is 36.1 Å². The second-order valence-electron chi connectivity index (χ2n) is 7.80. The zero-order chi connectivity index (χ0) is 20.5. The van der Waals surface area contributed by atoms with Gasteiger partial charge in [0.15, 0.2) is 5.82 Å². The number of nitro benzene ring substituents is 1. The Kier molecular flexibility index (Phi) is 5.23. The van der Waals surface area contributed by atoms with E-state index < -0.39 is 4.92 Å². The van der Waals surface area contributed by atoms with Crippen LogP contribution in [0.1, 0.15) is 36.9 Å². The molecule has 154 valence electrons. The summed E-state index contributed by atoms with van der Waals surface area (Å²) in [6.45, 7) is 1.77. The Morgan fingerprint density at radius 1 is 1.17 bits per heavy atom. The molecular weight excluding hydrogens is 370 g/mol. The first-order chi connectivity index (χ1) is 14.0. The lowest BCUT2D eigenvalue weighted by Gasteiger charge is -2.35. The van der Waals surface area contributed by atoms with Crippen LogP contribution in [0.25, 0.3) is 11.4 Å². The van der Waals surface area contributed by atoms with E-state index in [1.807, 2.05) is 7.05 Å². The molecule has 0 bridgehead atoms. The maximum Gasteiger partial charge on any atom is 0.305 e. The van der Waals surface area contributed by atoms with Gasteiger partial charge in [-0.25, -0.2) is 9.97 Å². The molecule has 0 radical (unpaired) electrons. The van der Waals surface area contributed by atoms with Gasteiger partial charge >= 0.3 is 5.69 Å². The van der Waals surface area contributed by atoms with Gasteiger partial charge in [0.2, 0.25) is 0 Å². The van der Waals surface area contributed by atoms with E-state index in [4.69, 9.17) is 21.4 Å². The van der Waals surface area contributed by atoms with E-state index in [0.717, 1.165) is 63.1 Å². The summed E-state index contributed by atoms with van der Waals surface area (Å²) >= 11 is 0. The number of nitro groups is 1. The number of fused-ring (bicyclic) bond motifs is 1. The molecule has 1 atom stereocenters. The molecule has 9 heteroatoms. The molecule has 1 aliphatic heterocycles. The number of rotatable bonds is 4. The lowest BCUT2D eigenvalue weighted by molar-refractivity contribution is -0.383. The fourth-order valence-electron chi connectivity index (χ4n) is 4.41. The Morgan fingerprint density at radius 3 is 2.69 bits per heavy atom. The van der Waals surface area contributed by atoms with Gasteiger partial charge in [-0.1, -0.05) is 0 Å². The first-order valence-corrected chi connectivity index (χ1v) is 10.1. The van der Waals surface area contributed by atoms with Crippen LogP contribution in [0.5, 0.6) is 0 Å². The number of hydrogen-bond acceptors (Lipinski definition) is 8. The molecule has 2 heterocycles. The van der Waals surface area contributed by atoms with E-state index in [0.29, 0.717) is 11.9 Å². The molecule has 0 amide bonds. The van der Waals surface area contributed by atoms with Crippen molar-refractivity contribution < 1.29 is 4.92 Å². The van der Waals surface area contributed by atoms with E-state index >= 15 is 0 Å². The maximum absolute atomic E-state index is 11.7. The quantitative estimate of drug-likeness (QED) is 0.406. The average molecular weight is 397 g/mol. The van der Waals surface area contributed by atoms with Crippen molar-refractivity contribution in [1.29, 1.82) is 0 Å². The van der Waals surface area contributed by atoms with Crippen LogP contribution in [0.3, 0.4) is 0 Å². The van der Waals surface area contributed by atoms with Crippen LogP contribution in [0.2, 0.25) is 0 Å². The standard InChI is InChI=1S/C20H27N7O2/c1-23-12-5-4-10-26(11-12)20-13-6-2-3-7-16(13)24-19(25-20)17-14(21)8-9-15(22)18(17)27(28)29/h8-9,12,23H,2-7,10-11,21-22H2,1H3. The molecule has 1 aliphatic carbocycles. The summed E-state index contributed by atoms with van der Waals surface area (Å²) in [4.78, 5) is 23.1. The number of aryl methyl sites for hydroxylation is 1. The number of piperidine rings is 1. The normalized spacial score (nSPS) is 19.1. The van der Waals surface area contributed by atoms with Crippen molar-refractivity contribution in [3.63, 3.8) is 0 Å². The summed E-state index contributed by atoms with van der Waals surface area (Å²) in [6, 6.07) is 3.43. The van der Waals surface area contributed by atoms with Gasteiger partial charge < -0.3 is 21.7 Å². The Hall–Kier alpha value is -2.94. The highest BCUT2D eigenvalue weighted by atomic mass is 16.6. The summed E-state index contributed by atoms with van der Waals surface area (Å²) in [6.07, 6.45) is 6.13. The molecule has 4 rings (SSSR count). The largest absolute Gasteiger partial charge is 0.398 e. The fourth-order valence-corrected chi connectivity index (χ4v) is 4.41. The monoisotopic (exact) mass is 397 g/mol. The van der Waals surface area contributed by atoms with Crippen molar-refractivity contribution in [1.82, 2.24) is 15.3 Å². The van der Waals surface area contributed by atoms with Gasteiger partial charge in [0.1, 0.15) is 17.1 Å². The number of aromatic nitrogens is 2. The molecule has 1 saturated heterocycles. The van der Waals surface area contributed by atoms with Crippen LogP contribution < -0.4 is 21.7 Å². The van der Waals surface area contributed by atoms with Gasteiger partial charge in [-0.2, -0.15) is 0 Å². The van der Waals surface area contributed by atoms with E-state index in [-0.39, 0.29) is 22.6 Å². The number of nitrogens with one attached hydrogen (secondary N) is 1. The number of nitrogens with zero attached hydrogens (tertiary/aromatic N) is 4. The highest BCUT2D eigenvalue weighted by Crippen LogP contribution is 2.40. The zero-order valence-electron chi connectivity index (χ0n) is 16.6. The van der Waals surface area contributed by atoms with Crippen LogP contribution in [0.4, 0.5) is 22.9 Å². The van der Waals surface area contributed by atoms with Crippen molar-refractivity contribution in [2.45, 2.75) is 44.6 Å². The molecule has 2 aromatic rings. The molecule has 0 saturated carbocycles. The minimum Gasteiger partial charge on any atom is -0.398 e. The second-order valence-corrected chi connectivity index (χ2v) is 7.80. The van der Waals surface area contributed by atoms with Gasteiger partial charge in [0.05, 0.1) is 4.92 Å². The van der Waals surface area contributed by atoms with Crippen molar-refractivity contribution in [3.05, 3.63) is 33.5 Å². The number of anilines is 3. The third kappa shape index (κ3) is 3.57. The third-order valence-electron chi connectivity index (χ3n) is 5.94. The molecule has 9 nitrogen and oxygen atoms in total.